The predicted molar refractivity (Wildman–Crippen MR) is 144 cm³/mol. The Labute approximate surface area is 216 Å². The van der Waals surface area contributed by atoms with E-state index in [0.29, 0.717) is 18.5 Å². The summed E-state index contributed by atoms with van der Waals surface area (Å²) in [6.07, 6.45) is 2.32. The quantitative estimate of drug-likeness (QED) is 0.324. The van der Waals surface area contributed by atoms with E-state index in [0.717, 1.165) is 22.3 Å². The number of carbonyl (C=O) groups is 2. The molecule has 188 valence electrons. The fourth-order valence-corrected chi connectivity index (χ4v) is 4.31. The van der Waals surface area contributed by atoms with Gasteiger partial charge in [-0.25, -0.2) is 0 Å². The smallest absolute Gasteiger partial charge is 0.306 e. The molecule has 4 aromatic rings. The zero-order valence-corrected chi connectivity index (χ0v) is 20.7. The number of benzene rings is 3. The van der Waals surface area contributed by atoms with Crippen molar-refractivity contribution < 1.29 is 14.7 Å². The zero-order chi connectivity index (χ0) is 26.2. The molecule has 37 heavy (non-hydrogen) atoms. The summed E-state index contributed by atoms with van der Waals surface area (Å²) < 4.78 is 1.50. The van der Waals surface area contributed by atoms with Gasteiger partial charge in [-0.15, -0.1) is 0 Å². The number of pyridine rings is 1. The van der Waals surface area contributed by atoms with Crippen LogP contribution in [0.1, 0.15) is 34.8 Å². The van der Waals surface area contributed by atoms with E-state index in [4.69, 9.17) is 0 Å². The van der Waals surface area contributed by atoms with Crippen LogP contribution in [0.2, 0.25) is 0 Å². The van der Waals surface area contributed by atoms with Gasteiger partial charge in [-0.1, -0.05) is 91.9 Å². The Morgan fingerprint density at radius 2 is 1.43 bits per heavy atom. The van der Waals surface area contributed by atoms with Crippen molar-refractivity contribution in [3.05, 3.63) is 130 Å². The van der Waals surface area contributed by atoms with Crippen LogP contribution in [0.4, 0.5) is 0 Å². The van der Waals surface area contributed by atoms with Crippen LogP contribution >= 0.6 is 0 Å². The van der Waals surface area contributed by atoms with E-state index in [1.54, 1.807) is 13.1 Å². The van der Waals surface area contributed by atoms with Gasteiger partial charge in [0.2, 0.25) is 0 Å². The van der Waals surface area contributed by atoms with Gasteiger partial charge >= 0.3 is 5.97 Å². The molecule has 0 saturated heterocycles. The fourth-order valence-electron chi connectivity index (χ4n) is 4.31. The van der Waals surface area contributed by atoms with Crippen LogP contribution in [-0.4, -0.2) is 27.6 Å². The average molecular weight is 495 g/mol. The third-order valence-corrected chi connectivity index (χ3v) is 6.38. The fraction of sp³-hybridized carbons (Fsp3) is 0.194. The normalized spacial score (nSPS) is 12.5. The molecular formula is C31H30N2O4. The van der Waals surface area contributed by atoms with Gasteiger partial charge in [0, 0.05) is 18.3 Å². The minimum atomic E-state index is -0.907. The molecule has 6 nitrogen and oxygen atoms in total. The highest BCUT2D eigenvalue weighted by atomic mass is 16.4. The second kappa shape index (κ2) is 12.0. The molecule has 2 atom stereocenters. The number of aromatic nitrogens is 1. The average Bonchev–Trinajstić information content (AvgIpc) is 2.91. The Bertz CT molecular complexity index is 1400. The highest BCUT2D eigenvalue weighted by Gasteiger charge is 2.21. The van der Waals surface area contributed by atoms with Gasteiger partial charge < -0.3 is 15.0 Å². The number of carboxylic acids is 1. The van der Waals surface area contributed by atoms with Crippen LogP contribution in [0.15, 0.2) is 108 Å². The lowest BCUT2D eigenvalue weighted by Crippen LogP contribution is -2.39. The van der Waals surface area contributed by atoms with Gasteiger partial charge in [-0.2, -0.15) is 0 Å². The summed E-state index contributed by atoms with van der Waals surface area (Å²) in [5.41, 5.74) is 4.30. The van der Waals surface area contributed by atoms with E-state index >= 15 is 0 Å². The highest BCUT2D eigenvalue weighted by molar-refractivity contribution is 5.94. The molecule has 1 heterocycles. The number of hydrogen-bond acceptors (Lipinski definition) is 3. The molecule has 3 aromatic carbocycles. The minimum Gasteiger partial charge on any atom is -0.481 e. The first-order chi connectivity index (χ1) is 17.9. The second-order valence-corrected chi connectivity index (χ2v) is 9.28. The van der Waals surface area contributed by atoms with E-state index in [1.807, 2.05) is 84.9 Å². The molecule has 6 heteroatoms. The number of rotatable bonds is 10. The van der Waals surface area contributed by atoms with Crippen molar-refractivity contribution in [2.24, 2.45) is 5.92 Å². The Morgan fingerprint density at radius 1 is 0.811 bits per heavy atom. The number of nitrogens with zero attached hydrogens (tertiary/aromatic N) is 1. The Kier molecular flexibility index (Phi) is 8.31. The van der Waals surface area contributed by atoms with Crippen molar-refractivity contribution in [2.45, 2.75) is 32.4 Å². The summed E-state index contributed by atoms with van der Waals surface area (Å²) >= 11 is 0. The second-order valence-electron chi connectivity index (χ2n) is 9.28. The lowest BCUT2D eigenvalue weighted by molar-refractivity contribution is -0.141. The summed E-state index contributed by atoms with van der Waals surface area (Å²) in [5, 5.41) is 12.5. The summed E-state index contributed by atoms with van der Waals surface area (Å²) in [5.74, 6) is -1.87. The van der Waals surface area contributed by atoms with Crippen molar-refractivity contribution in [1.29, 1.82) is 0 Å². The first-order valence-corrected chi connectivity index (χ1v) is 12.3. The first kappa shape index (κ1) is 25.6. The standard InChI is InChI=1S/C31H30N2O4/c1-22(31(36)37)18-28(19-23-12-14-26(15-13-23)25-10-6-3-7-11-25)32-30(35)27-16-17-29(34)33(21-27)20-24-8-4-2-5-9-24/h2-17,21-22,28H,18-20H2,1H3,(H,32,35)(H,36,37). The van der Waals surface area contributed by atoms with Crippen LogP contribution in [-0.2, 0) is 17.8 Å². The maximum atomic E-state index is 13.2. The molecule has 0 aliphatic heterocycles. The SMILES string of the molecule is CC(CC(Cc1ccc(-c2ccccc2)cc1)NC(=O)c1ccc(=O)n(Cc2ccccc2)c1)C(=O)O. The molecule has 0 spiro atoms. The molecule has 0 aliphatic rings. The van der Waals surface area contributed by atoms with Crippen molar-refractivity contribution in [1.82, 2.24) is 9.88 Å². The number of hydrogen-bond donors (Lipinski definition) is 2. The lowest BCUT2D eigenvalue weighted by Gasteiger charge is -2.21. The van der Waals surface area contributed by atoms with Crippen LogP contribution in [0.25, 0.3) is 11.1 Å². The number of carboxylic acid groups (broad SMARTS) is 1. The van der Waals surface area contributed by atoms with Crippen molar-refractivity contribution >= 4 is 11.9 Å². The Hall–Kier alpha value is -4.45. The summed E-state index contributed by atoms with van der Waals surface area (Å²) in [7, 11) is 0. The number of amides is 1. The molecule has 0 fully saturated rings. The van der Waals surface area contributed by atoms with Crippen molar-refractivity contribution in [3.8, 4) is 11.1 Å². The summed E-state index contributed by atoms with van der Waals surface area (Å²) in [6, 6.07) is 30.2. The molecule has 0 saturated carbocycles. The monoisotopic (exact) mass is 494 g/mol. The molecule has 1 aromatic heterocycles. The van der Waals surface area contributed by atoms with E-state index in [-0.39, 0.29) is 17.9 Å². The van der Waals surface area contributed by atoms with Gasteiger partial charge in [-0.05, 0) is 41.2 Å². The van der Waals surface area contributed by atoms with Gasteiger partial charge in [0.25, 0.3) is 11.5 Å². The Morgan fingerprint density at radius 3 is 2.08 bits per heavy atom. The van der Waals surface area contributed by atoms with Gasteiger partial charge in [0.05, 0.1) is 18.0 Å². The van der Waals surface area contributed by atoms with Gasteiger partial charge in [0.1, 0.15) is 0 Å². The molecule has 2 unspecified atom stereocenters. The van der Waals surface area contributed by atoms with Crippen LogP contribution in [0.3, 0.4) is 0 Å². The largest absolute Gasteiger partial charge is 0.481 e. The summed E-state index contributed by atoms with van der Waals surface area (Å²) in [4.78, 5) is 37.1. The van der Waals surface area contributed by atoms with Gasteiger partial charge in [0.15, 0.2) is 0 Å². The predicted octanol–water partition coefficient (Wildman–Crippen LogP) is 5.02. The molecule has 4 rings (SSSR count). The van der Waals surface area contributed by atoms with E-state index in [9.17, 15) is 19.5 Å². The van der Waals surface area contributed by atoms with Crippen molar-refractivity contribution in [3.63, 3.8) is 0 Å². The lowest BCUT2D eigenvalue weighted by atomic mass is 9.94. The summed E-state index contributed by atoms with van der Waals surface area (Å²) in [6.45, 7) is 1.99. The van der Waals surface area contributed by atoms with Crippen LogP contribution in [0, 0.1) is 5.92 Å². The maximum absolute atomic E-state index is 13.2. The molecule has 0 radical (unpaired) electrons. The first-order valence-electron chi connectivity index (χ1n) is 12.3. The van der Waals surface area contributed by atoms with E-state index < -0.39 is 17.9 Å². The molecular weight excluding hydrogens is 464 g/mol. The topological polar surface area (TPSA) is 88.4 Å². The molecule has 0 bridgehead atoms. The third-order valence-electron chi connectivity index (χ3n) is 6.38. The number of aliphatic carboxylic acids is 1. The number of nitrogens with one attached hydrogen (secondary N) is 1. The van der Waals surface area contributed by atoms with Gasteiger partial charge in [-0.3, -0.25) is 14.4 Å². The van der Waals surface area contributed by atoms with Crippen molar-refractivity contribution in [2.75, 3.05) is 0 Å². The molecule has 2 N–H and O–H groups in total. The molecule has 0 aliphatic carbocycles. The molecule has 1 amide bonds. The van der Waals surface area contributed by atoms with Crippen LogP contribution < -0.4 is 10.9 Å². The Balaban J connectivity index is 1.51. The third kappa shape index (κ3) is 7.04. The van der Waals surface area contributed by atoms with E-state index in [2.05, 4.69) is 5.32 Å². The van der Waals surface area contributed by atoms with Crippen LogP contribution in [0.5, 0.6) is 0 Å². The maximum Gasteiger partial charge on any atom is 0.306 e. The van der Waals surface area contributed by atoms with E-state index in [1.165, 1.54) is 16.7 Å². The minimum absolute atomic E-state index is 0.199. The number of carbonyl (C=O) groups excluding carboxylic acids is 1. The zero-order valence-electron chi connectivity index (χ0n) is 20.7. The highest BCUT2D eigenvalue weighted by Crippen LogP contribution is 2.21.